The van der Waals surface area contributed by atoms with Crippen LogP contribution in [0.25, 0.3) is 0 Å². The van der Waals surface area contributed by atoms with Gasteiger partial charge in [-0.25, -0.2) is 9.78 Å². The molecule has 21 heavy (non-hydrogen) atoms. The fourth-order valence-electron chi connectivity index (χ4n) is 3.67. The van der Waals surface area contributed by atoms with Crippen molar-refractivity contribution >= 4 is 17.4 Å². The lowest BCUT2D eigenvalue weighted by atomic mass is 9.72. The minimum absolute atomic E-state index is 0.180. The largest absolute Gasteiger partial charge is 0.453 e. The highest BCUT2D eigenvalue weighted by Gasteiger charge is 2.39. The van der Waals surface area contributed by atoms with Crippen molar-refractivity contribution in [2.75, 3.05) is 33.3 Å². The number of ether oxygens (including phenoxy) is 1. The summed E-state index contributed by atoms with van der Waals surface area (Å²) >= 11 is 1.74. The highest BCUT2D eigenvalue weighted by molar-refractivity contribution is 7.09. The number of aromatic nitrogens is 1. The predicted molar refractivity (Wildman–Crippen MR) is 82.3 cm³/mol. The molecule has 0 N–H and O–H groups in total. The first-order valence-electron chi connectivity index (χ1n) is 7.64. The van der Waals surface area contributed by atoms with E-state index in [0.717, 1.165) is 39.0 Å². The maximum atomic E-state index is 11.6. The summed E-state index contributed by atoms with van der Waals surface area (Å²) in [5.74, 6) is 0. The van der Waals surface area contributed by atoms with Gasteiger partial charge < -0.3 is 9.64 Å². The molecule has 0 aliphatic carbocycles. The van der Waals surface area contributed by atoms with Crippen molar-refractivity contribution in [2.45, 2.75) is 32.2 Å². The zero-order chi connectivity index (χ0) is 14.7. The number of rotatable bonds is 2. The van der Waals surface area contributed by atoms with Gasteiger partial charge in [-0.3, -0.25) is 4.90 Å². The lowest BCUT2D eigenvalue weighted by Crippen LogP contribution is -2.50. The maximum Gasteiger partial charge on any atom is 0.409 e. The number of hydrogen-bond donors (Lipinski definition) is 0. The minimum atomic E-state index is -0.180. The molecule has 0 atom stereocenters. The van der Waals surface area contributed by atoms with Crippen LogP contribution in [-0.4, -0.2) is 54.2 Å². The van der Waals surface area contributed by atoms with Gasteiger partial charge in [0.1, 0.15) is 5.01 Å². The molecule has 2 saturated heterocycles. The van der Waals surface area contributed by atoms with Gasteiger partial charge in [0, 0.05) is 31.2 Å². The summed E-state index contributed by atoms with van der Waals surface area (Å²) < 4.78 is 4.83. The number of carbonyl (C=O) groups is 1. The van der Waals surface area contributed by atoms with Crippen molar-refractivity contribution in [3.8, 4) is 0 Å². The summed E-state index contributed by atoms with van der Waals surface area (Å²) in [5, 5.41) is 3.25. The molecule has 2 fully saturated rings. The van der Waals surface area contributed by atoms with E-state index < -0.39 is 0 Å². The first kappa shape index (κ1) is 14.8. The third kappa shape index (κ3) is 3.37. The van der Waals surface area contributed by atoms with Crippen molar-refractivity contribution < 1.29 is 9.53 Å². The normalized spacial score (nSPS) is 22.4. The molecule has 3 rings (SSSR count). The molecular formula is C15H23N3O2S. The van der Waals surface area contributed by atoms with Gasteiger partial charge in [0.25, 0.3) is 0 Å². The molecule has 1 spiro atoms. The number of hydrogen-bond acceptors (Lipinski definition) is 5. The van der Waals surface area contributed by atoms with E-state index in [1.807, 2.05) is 16.5 Å². The average molecular weight is 309 g/mol. The predicted octanol–water partition coefficient (Wildman–Crippen LogP) is 2.59. The summed E-state index contributed by atoms with van der Waals surface area (Å²) in [4.78, 5) is 20.4. The van der Waals surface area contributed by atoms with E-state index in [0.29, 0.717) is 5.41 Å². The molecule has 1 aromatic heterocycles. The van der Waals surface area contributed by atoms with Crippen molar-refractivity contribution in [3.63, 3.8) is 0 Å². The van der Waals surface area contributed by atoms with Crippen LogP contribution in [0.15, 0.2) is 11.6 Å². The van der Waals surface area contributed by atoms with Crippen LogP contribution >= 0.6 is 11.3 Å². The van der Waals surface area contributed by atoms with Crippen molar-refractivity contribution in [3.05, 3.63) is 16.6 Å². The first-order chi connectivity index (χ1) is 10.2. The number of nitrogens with zero attached hydrogens (tertiary/aromatic N) is 3. The van der Waals surface area contributed by atoms with Crippen LogP contribution in [0.1, 0.15) is 30.7 Å². The molecule has 6 heteroatoms. The molecule has 2 aliphatic rings. The van der Waals surface area contributed by atoms with Gasteiger partial charge in [-0.2, -0.15) is 0 Å². The molecular weight excluding hydrogens is 286 g/mol. The molecule has 2 aliphatic heterocycles. The van der Waals surface area contributed by atoms with Gasteiger partial charge in [-0.1, -0.05) is 0 Å². The quantitative estimate of drug-likeness (QED) is 0.842. The molecule has 0 unspecified atom stereocenters. The third-order valence-corrected chi connectivity index (χ3v) is 5.60. The Morgan fingerprint density at radius 3 is 2.86 bits per heavy atom. The molecule has 1 amide bonds. The Labute approximate surface area is 129 Å². The molecule has 0 saturated carbocycles. The second-order valence-electron chi connectivity index (χ2n) is 6.20. The Balaban J connectivity index is 1.57. The topological polar surface area (TPSA) is 45.7 Å². The molecule has 0 bridgehead atoms. The van der Waals surface area contributed by atoms with Gasteiger partial charge in [0.05, 0.1) is 13.7 Å². The Bertz CT molecular complexity index is 469. The minimum Gasteiger partial charge on any atom is -0.453 e. The van der Waals surface area contributed by atoms with E-state index >= 15 is 0 Å². The maximum absolute atomic E-state index is 11.6. The van der Waals surface area contributed by atoms with Crippen molar-refractivity contribution in [1.29, 1.82) is 0 Å². The summed E-state index contributed by atoms with van der Waals surface area (Å²) in [6, 6.07) is 0. The van der Waals surface area contributed by atoms with Crippen LogP contribution in [-0.2, 0) is 11.3 Å². The number of likely N-dealkylation sites (tertiary alicyclic amines) is 2. The van der Waals surface area contributed by atoms with Crippen LogP contribution < -0.4 is 0 Å². The standard InChI is InChI=1S/C15H23N3O2S/c1-20-14(19)18-8-4-15(5-9-18)3-2-7-17(12-15)11-13-16-6-10-21-13/h6,10H,2-5,7-9,11-12H2,1H3. The van der Waals surface area contributed by atoms with E-state index in [4.69, 9.17) is 4.74 Å². The Morgan fingerprint density at radius 2 is 2.19 bits per heavy atom. The Morgan fingerprint density at radius 1 is 1.38 bits per heavy atom. The smallest absolute Gasteiger partial charge is 0.409 e. The fraction of sp³-hybridized carbons (Fsp3) is 0.733. The lowest BCUT2D eigenvalue weighted by molar-refractivity contribution is 0.0201. The van der Waals surface area contributed by atoms with Crippen LogP contribution in [0.3, 0.4) is 0 Å². The number of methoxy groups -OCH3 is 1. The second-order valence-corrected chi connectivity index (χ2v) is 7.18. The fourth-order valence-corrected chi connectivity index (χ4v) is 4.33. The van der Waals surface area contributed by atoms with E-state index in [1.54, 1.807) is 11.3 Å². The molecule has 1 aromatic rings. The second kappa shape index (κ2) is 6.32. The molecule has 116 valence electrons. The van der Waals surface area contributed by atoms with Gasteiger partial charge in [-0.15, -0.1) is 11.3 Å². The van der Waals surface area contributed by atoms with Gasteiger partial charge in [-0.05, 0) is 37.6 Å². The van der Waals surface area contributed by atoms with E-state index in [2.05, 4.69) is 9.88 Å². The van der Waals surface area contributed by atoms with E-state index in [9.17, 15) is 4.79 Å². The van der Waals surface area contributed by atoms with Gasteiger partial charge >= 0.3 is 6.09 Å². The zero-order valence-corrected chi connectivity index (χ0v) is 13.4. The summed E-state index contributed by atoms with van der Waals surface area (Å²) in [5.41, 5.74) is 0.389. The number of amides is 1. The monoisotopic (exact) mass is 309 g/mol. The third-order valence-electron chi connectivity index (χ3n) is 4.84. The van der Waals surface area contributed by atoms with Crippen LogP contribution in [0.2, 0.25) is 0 Å². The lowest BCUT2D eigenvalue weighted by Gasteiger charge is -2.47. The van der Waals surface area contributed by atoms with Crippen molar-refractivity contribution in [1.82, 2.24) is 14.8 Å². The SMILES string of the molecule is COC(=O)N1CCC2(CCCN(Cc3nccs3)C2)CC1. The summed E-state index contributed by atoms with van der Waals surface area (Å²) in [6.45, 7) is 4.94. The van der Waals surface area contributed by atoms with E-state index in [1.165, 1.54) is 31.5 Å². The Kier molecular flexibility index (Phi) is 4.45. The average Bonchev–Trinajstić information content (AvgIpc) is 3.00. The molecule has 0 aromatic carbocycles. The van der Waals surface area contributed by atoms with Crippen molar-refractivity contribution in [2.24, 2.45) is 5.41 Å². The number of thiazole rings is 1. The Hall–Kier alpha value is -1.14. The summed E-state index contributed by atoms with van der Waals surface area (Å²) in [6.07, 6.45) is 6.43. The highest BCUT2D eigenvalue weighted by atomic mass is 32.1. The van der Waals surface area contributed by atoms with Gasteiger partial charge in [0.2, 0.25) is 0 Å². The zero-order valence-electron chi connectivity index (χ0n) is 12.6. The first-order valence-corrected chi connectivity index (χ1v) is 8.52. The molecule has 5 nitrogen and oxygen atoms in total. The van der Waals surface area contributed by atoms with Crippen LogP contribution in [0.4, 0.5) is 4.79 Å². The molecule has 0 radical (unpaired) electrons. The highest BCUT2D eigenvalue weighted by Crippen LogP contribution is 2.40. The van der Waals surface area contributed by atoms with Gasteiger partial charge in [0.15, 0.2) is 0 Å². The number of piperidine rings is 2. The van der Waals surface area contributed by atoms with Crippen LogP contribution in [0, 0.1) is 5.41 Å². The molecule has 3 heterocycles. The summed E-state index contributed by atoms with van der Waals surface area (Å²) in [7, 11) is 1.46. The van der Waals surface area contributed by atoms with Crippen LogP contribution in [0.5, 0.6) is 0 Å². The number of carbonyl (C=O) groups excluding carboxylic acids is 1. The van der Waals surface area contributed by atoms with E-state index in [-0.39, 0.29) is 6.09 Å².